The summed E-state index contributed by atoms with van der Waals surface area (Å²) in [5.74, 6) is 1.02. The van der Waals surface area contributed by atoms with E-state index in [0.717, 1.165) is 22.6 Å². The minimum absolute atomic E-state index is 0.0975. The minimum atomic E-state index is -0.776. The molecule has 110 valence electrons. The molecule has 0 aliphatic heterocycles. The molecule has 0 bridgehead atoms. The summed E-state index contributed by atoms with van der Waals surface area (Å²) >= 11 is 1.83. The van der Waals surface area contributed by atoms with Crippen molar-refractivity contribution in [1.82, 2.24) is 0 Å². The third kappa shape index (κ3) is 4.94. The second-order valence-electron chi connectivity index (χ2n) is 5.33. The molecule has 0 amide bonds. The number of carboxylic acids is 1. The maximum atomic E-state index is 10.9. The molecule has 0 saturated heterocycles. The van der Waals surface area contributed by atoms with Gasteiger partial charge >= 0.3 is 5.97 Å². The molecule has 0 aliphatic carbocycles. The first-order chi connectivity index (χ1) is 10.0. The van der Waals surface area contributed by atoms with Crippen molar-refractivity contribution in [3.63, 3.8) is 0 Å². The van der Waals surface area contributed by atoms with Gasteiger partial charge in [-0.2, -0.15) is 11.8 Å². The third-order valence-corrected chi connectivity index (χ3v) is 4.32. The molecule has 2 aromatic carbocycles. The Balaban J connectivity index is 1.98. The summed E-state index contributed by atoms with van der Waals surface area (Å²) in [6.07, 6.45) is 0.0975. The molecular weight excluding hydrogens is 280 g/mol. The van der Waals surface area contributed by atoms with Gasteiger partial charge in [0.25, 0.3) is 0 Å². The van der Waals surface area contributed by atoms with Crippen LogP contribution in [-0.4, -0.2) is 11.1 Å². The van der Waals surface area contributed by atoms with Crippen LogP contribution in [0.3, 0.4) is 0 Å². The smallest absolute Gasteiger partial charge is 0.307 e. The highest BCUT2D eigenvalue weighted by molar-refractivity contribution is 7.97. The second kappa shape index (κ2) is 7.32. The highest BCUT2D eigenvalue weighted by Gasteiger charge is 2.06. The molecule has 21 heavy (non-hydrogen) atoms. The van der Waals surface area contributed by atoms with E-state index in [1.165, 1.54) is 16.7 Å². The number of aryl methyl sites for hydroxylation is 2. The van der Waals surface area contributed by atoms with Gasteiger partial charge in [-0.25, -0.2) is 0 Å². The van der Waals surface area contributed by atoms with Gasteiger partial charge in [0.1, 0.15) is 0 Å². The Morgan fingerprint density at radius 2 is 1.62 bits per heavy atom. The standard InChI is InChI=1S/C18H20O2S/c1-13-7-14(2)9-15(8-13)11-21-12-17-6-4-3-5-16(17)10-18(19)20/h3-9H,10-12H2,1-2H3,(H,19,20). The summed E-state index contributed by atoms with van der Waals surface area (Å²) in [5.41, 5.74) is 5.94. The zero-order valence-electron chi connectivity index (χ0n) is 12.4. The van der Waals surface area contributed by atoms with E-state index in [2.05, 4.69) is 32.0 Å². The second-order valence-corrected chi connectivity index (χ2v) is 6.31. The zero-order chi connectivity index (χ0) is 15.2. The number of benzene rings is 2. The lowest BCUT2D eigenvalue weighted by Crippen LogP contribution is -2.03. The lowest BCUT2D eigenvalue weighted by molar-refractivity contribution is -0.136. The molecule has 0 spiro atoms. The SMILES string of the molecule is Cc1cc(C)cc(CSCc2ccccc2CC(=O)O)c1. The lowest BCUT2D eigenvalue weighted by Gasteiger charge is -2.08. The summed E-state index contributed by atoms with van der Waals surface area (Å²) in [6, 6.07) is 14.4. The van der Waals surface area contributed by atoms with Crippen LogP contribution in [0.4, 0.5) is 0 Å². The number of thioether (sulfide) groups is 1. The Bertz CT molecular complexity index is 615. The first kappa shape index (κ1) is 15.6. The number of rotatable bonds is 6. The van der Waals surface area contributed by atoms with Gasteiger partial charge < -0.3 is 5.11 Å². The van der Waals surface area contributed by atoms with E-state index in [-0.39, 0.29) is 6.42 Å². The van der Waals surface area contributed by atoms with Crippen LogP contribution < -0.4 is 0 Å². The first-order valence-corrected chi connectivity index (χ1v) is 8.13. The van der Waals surface area contributed by atoms with Crippen molar-refractivity contribution in [2.75, 3.05) is 0 Å². The van der Waals surface area contributed by atoms with Crippen LogP contribution in [0.15, 0.2) is 42.5 Å². The number of hydrogen-bond donors (Lipinski definition) is 1. The van der Waals surface area contributed by atoms with Gasteiger partial charge in [0, 0.05) is 11.5 Å². The summed E-state index contributed by atoms with van der Waals surface area (Å²) in [5, 5.41) is 8.95. The first-order valence-electron chi connectivity index (χ1n) is 6.98. The van der Waals surface area contributed by atoms with E-state index in [1.54, 1.807) is 0 Å². The molecule has 0 aromatic heterocycles. The average molecular weight is 300 g/mol. The van der Waals surface area contributed by atoms with Crippen LogP contribution in [0.1, 0.15) is 27.8 Å². The summed E-state index contributed by atoms with van der Waals surface area (Å²) in [7, 11) is 0. The van der Waals surface area contributed by atoms with Crippen LogP contribution in [0.25, 0.3) is 0 Å². The molecule has 0 radical (unpaired) electrons. The summed E-state index contributed by atoms with van der Waals surface area (Å²) in [6.45, 7) is 4.23. The molecule has 1 N–H and O–H groups in total. The molecule has 2 rings (SSSR count). The quantitative estimate of drug-likeness (QED) is 0.861. The van der Waals surface area contributed by atoms with E-state index < -0.39 is 5.97 Å². The fourth-order valence-electron chi connectivity index (χ4n) is 2.46. The van der Waals surface area contributed by atoms with Gasteiger partial charge in [-0.05, 0) is 30.5 Å². The fourth-order valence-corrected chi connectivity index (χ4v) is 3.47. The van der Waals surface area contributed by atoms with Crippen molar-refractivity contribution < 1.29 is 9.90 Å². The fraction of sp³-hybridized carbons (Fsp3) is 0.278. The number of carbonyl (C=O) groups is 1. The van der Waals surface area contributed by atoms with Crippen LogP contribution in [0.2, 0.25) is 0 Å². The molecule has 0 unspecified atom stereocenters. The van der Waals surface area contributed by atoms with E-state index in [1.807, 2.05) is 36.0 Å². The Morgan fingerprint density at radius 1 is 1.00 bits per heavy atom. The van der Waals surface area contributed by atoms with Crippen LogP contribution >= 0.6 is 11.8 Å². The van der Waals surface area contributed by atoms with E-state index in [9.17, 15) is 4.79 Å². The van der Waals surface area contributed by atoms with Crippen molar-refractivity contribution in [1.29, 1.82) is 0 Å². The van der Waals surface area contributed by atoms with Gasteiger partial charge in [0.05, 0.1) is 6.42 Å². The van der Waals surface area contributed by atoms with Crippen molar-refractivity contribution in [3.05, 3.63) is 70.3 Å². The third-order valence-electron chi connectivity index (χ3n) is 3.27. The largest absolute Gasteiger partial charge is 0.481 e. The van der Waals surface area contributed by atoms with E-state index >= 15 is 0 Å². The van der Waals surface area contributed by atoms with Crippen molar-refractivity contribution in [3.8, 4) is 0 Å². The minimum Gasteiger partial charge on any atom is -0.481 e. The number of carboxylic acid groups (broad SMARTS) is 1. The molecule has 3 heteroatoms. The van der Waals surface area contributed by atoms with Gasteiger partial charge in [-0.1, -0.05) is 53.6 Å². The summed E-state index contributed by atoms with van der Waals surface area (Å²) < 4.78 is 0. The van der Waals surface area contributed by atoms with Crippen LogP contribution in [-0.2, 0) is 22.7 Å². The Hall–Kier alpha value is -1.74. The van der Waals surface area contributed by atoms with Gasteiger partial charge in [-0.3, -0.25) is 4.79 Å². The molecule has 2 aromatic rings. The maximum Gasteiger partial charge on any atom is 0.307 e. The molecule has 0 aliphatic rings. The Morgan fingerprint density at radius 3 is 2.24 bits per heavy atom. The summed E-state index contributed by atoms with van der Waals surface area (Å²) in [4.78, 5) is 10.9. The molecule has 2 nitrogen and oxygen atoms in total. The molecule has 0 saturated carbocycles. The number of hydrogen-bond acceptors (Lipinski definition) is 2. The topological polar surface area (TPSA) is 37.3 Å². The Labute approximate surface area is 130 Å². The predicted octanol–water partition coefficient (Wildman–Crippen LogP) is 4.36. The number of aliphatic carboxylic acids is 1. The van der Waals surface area contributed by atoms with E-state index in [4.69, 9.17) is 5.11 Å². The zero-order valence-corrected chi connectivity index (χ0v) is 13.2. The highest BCUT2D eigenvalue weighted by atomic mass is 32.2. The molecular formula is C18H20O2S. The van der Waals surface area contributed by atoms with Gasteiger partial charge in [0.2, 0.25) is 0 Å². The highest BCUT2D eigenvalue weighted by Crippen LogP contribution is 2.22. The molecule has 0 heterocycles. The normalized spacial score (nSPS) is 10.6. The van der Waals surface area contributed by atoms with Crippen molar-refractivity contribution in [2.24, 2.45) is 0 Å². The van der Waals surface area contributed by atoms with Crippen molar-refractivity contribution >= 4 is 17.7 Å². The van der Waals surface area contributed by atoms with Gasteiger partial charge in [0.15, 0.2) is 0 Å². The average Bonchev–Trinajstić information content (AvgIpc) is 2.39. The Kier molecular flexibility index (Phi) is 5.45. The maximum absolute atomic E-state index is 10.9. The molecule has 0 atom stereocenters. The monoisotopic (exact) mass is 300 g/mol. The van der Waals surface area contributed by atoms with Gasteiger partial charge in [-0.15, -0.1) is 0 Å². The van der Waals surface area contributed by atoms with Crippen LogP contribution in [0.5, 0.6) is 0 Å². The van der Waals surface area contributed by atoms with E-state index in [0.29, 0.717) is 0 Å². The lowest BCUT2D eigenvalue weighted by atomic mass is 10.1. The van der Waals surface area contributed by atoms with Crippen LogP contribution in [0, 0.1) is 13.8 Å². The molecule has 0 fully saturated rings. The van der Waals surface area contributed by atoms with Crippen molar-refractivity contribution in [2.45, 2.75) is 31.8 Å². The predicted molar refractivity (Wildman–Crippen MR) is 88.7 cm³/mol.